The van der Waals surface area contributed by atoms with E-state index in [9.17, 15) is 14.0 Å². The monoisotopic (exact) mass is 583 g/mol. The van der Waals surface area contributed by atoms with Crippen LogP contribution in [0, 0.1) is 25.5 Å². The van der Waals surface area contributed by atoms with Crippen LogP contribution < -0.4 is 14.9 Å². The van der Waals surface area contributed by atoms with E-state index in [1.54, 1.807) is 45.4 Å². The first-order chi connectivity index (χ1) is 20.4. The molecule has 0 saturated carbocycles. The molecule has 0 aliphatic carbocycles. The van der Waals surface area contributed by atoms with Gasteiger partial charge in [0.25, 0.3) is 0 Å². The van der Waals surface area contributed by atoms with Crippen LogP contribution in [0.3, 0.4) is 0 Å². The summed E-state index contributed by atoms with van der Waals surface area (Å²) in [7, 11) is 1.54. The third-order valence-electron chi connectivity index (χ3n) is 7.23. The predicted molar refractivity (Wildman–Crippen MR) is 161 cm³/mol. The smallest absolute Gasteiger partial charge is 0.200 e. The Labute approximate surface area is 247 Å². The Hall–Kier alpha value is -4.92. The van der Waals surface area contributed by atoms with Gasteiger partial charge in [0.15, 0.2) is 28.5 Å². The molecule has 0 aliphatic rings. The molecule has 0 bridgehead atoms. The molecule has 0 unspecified atom stereocenters. The van der Waals surface area contributed by atoms with Crippen LogP contribution in [0.4, 0.5) is 8.78 Å². The third kappa shape index (κ3) is 5.88. The molecule has 0 fully saturated rings. The topological polar surface area (TPSA) is 83.3 Å². The molecule has 0 aliphatic heterocycles. The Morgan fingerprint density at radius 3 is 2.33 bits per heavy atom. The van der Waals surface area contributed by atoms with E-state index in [0.717, 1.165) is 0 Å². The van der Waals surface area contributed by atoms with E-state index in [2.05, 4.69) is 9.97 Å². The number of pyridine rings is 3. The average molecular weight is 584 g/mol. The fourth-order valence-corrected chi connectivity index (χ4v) is 5.10. The normalized spacial score (nSPS) is 11.5. The van der Waals surface area contributed by atoms with Crippen molar-refractivity contribution in [3.63, 3.8) is 0 Å². The van der Waals surface area contributed by atoms with Gasteiger partial charge in [-0.25, -0.2) is 13.8 Å². The maximum absolute atomic E-state index is 15.3. The highest BCUT2D eigenvalue weighted by molar-refractivity contribution is 5.98. The van der Waals surface area contributed by atoms with Crippen molar-refractivity contribution in [2.24, 2.45) is 0 Å². The second-order valence-corrected chi connectivity index (χ2v) is 11.3. The van der Waals surface area contributed by atoms with Crippen LogP contribution in [0.25, 0.3) is 22.2 Å². The number of rotatable bonds is 7. The molecule has 220 valence electrons. The van der Waals surface area contributed by atoms with Gasteiger partial charge in [-0.2, -0.15) is 0 Å². The van der Waals surface area contributed by atoms with Gasteiger partial charge in [0.05, 0.1) is 23.9 Å². The summed E-state index contributed by atoms with van der Waals surface area (Å²) < 4.78 is 41.9. The molecule has 43 heavy (non-hydrogen) atoms. The molecule has 0 N–H and O–H groups in total. The molecular weight excluding hydrogens is 552 g/mol. The SMILES string of the molecule is COc1cc2nccc(Oc3ccc(CC(=O)c4cn(C(C)(C)C)c(C)c(-c5ccc(F)cc5)c4=O)cc3F)c2nc1C. The highest BCUT2D eigenvalue weighted by Crippen LogP contribution is 2.32. The zero-order chi connectivity index (χ0) is 31.1. The second kappa shape index (κ2) is 11.4. The number of nitrogens with zero attached hydrogens (tertiary/aromatic N) is 3. The number of carbonyl (C=O) groups excluding carboxylic acids is 1. The van der Waals surface area contributed by atoms with Gasteiger partial charge < -0.3 is 14.0 Å². The van der Waals surface area contributed by atoms with E-state index in [4.69, 9.17) is 9.47 Å². The number of aromatic nitrogens is 3. The molecular formula is C34H31F2N3O4. The van der Waals surface area contributed by atoms with Gasteiger partial charge in [0.2, 0.25) is 0 Å². The molecule has 5 rings (SSSR count). The largest absolute Gasteiger partial charge is 0.495 e. The number of ether oxygens (including phenoxy) is 2. The molecule has 0 radical (unpaired) electrons. The maximum Gasteiger partial charge on any atom is 0.200 e. The van der Waals surface area contributed by atoms with Gasteiger partial charge in [0.1, 0.15) is 17.1 Å². The first-order valence-corrected chi connectivity index (χ1v) is 13.7. The molecule has 9 heteroatoms. The summed E-state index contributed by atoms with van der Waals surface area (Å²) in [6.45, 7) is 9.46. The summed E-state index contributed by atoms with van der Waals surface area (Å²) in [5.41, 5.74) is 2.53. The number of carbonyl (C=O) groups is 1. The quantitative estimate of drug-likeness (QED) is 0.187. The number of hydrogen-bond donors (Lipinski definition) is 0. The standard InChI is InChI=1S/C34H31F2N3O4/c1-19-30(42-6)17-26-32(38-19)29(13-14-37-26)43-28-12-7-21(15-25(28)36)16-27(40)24-18-39(34(3,4)5)20(2)31(33(24)41)22-8-10-23(35)11-9-22/h7-15,17-18H,16H2,1-6H3. The van der Waals surface area contributed by atoms with E-state index in [1.165, 1.54) is 42.6 Å². The van der Waals surface area contributed by atoms with E-state index in [0.29, 0.717) is 50.6 Å². The highest BCUT2D eigenvalue weighted by Gasteiger charge is 2.24. The van der Waals surface area contributed by atoms with Gasteiger partial charge in [-0.3, -0.25) is 14.6 Å². The number of fused-ring (bicyclic) bond motifs is 1. The number of hydrogen-bond acceptors (Lipinski definition) is 6. The second-order valence-electron chi connectivity index (χ2n) is 11.3. The fourth-order valence-electron chi connectivity index (χ4n) is 5.10. The minimum absolute atomic E-state index is 0.0271. The lowest BCUT2D eigenvalue weighted by Crippen LogP contribution is -2.30. The van der Waals surface area contributed by atoms with Gasteiger partial charge in [-0.15, -0.1) is 0 Å². The van der Waals surface area contributed by atoms with Crippen molar-refractivity contribution in [1.82, 2.24) is 14.5 Å². The number of benzene rings is 2. The number of methoxy groups -OCH3 is 1. The van der Waals surface area contributed by atoms with Crippen molar-refractivity contribution < 1.29 is 23.0 Å². The summed E-state index contributed by atoms with van der Waals surface area (Å²) in [6, 6.07) is 13.2. The molecule has 0 saturated heterocycles. The van der Waals surface area contributed by atoms with Crippen LogP contribution >= 0.6 is 0 Å². The Morgan fingerprint density at radius 2 is 1.67 bits per heavy atom. The summed E-state index contributed by atoms with van der Waals surface area (Å²) in [6.07, 6.45) is 2.88. The van der Waals surface area contributed by atoms with Crippen LogP contribution in [0.5, 0.6) is 17.2 Å². The Balaban J connectivity index is 1.46. The van der Waals surface area contributed by atoms with Crippen molar-refractivity contribution in [2.75, 3.05) is 7.11 Å². The number of ketones is 1. The molecule has 0 atom stereocenters. The minimum Gasteiger partial charge on any atom is -0.495 e. The van der Waals surface area contributed by atoms with E-state index in [-0.39, 0.29) is 17.7 Å². The number of Topliss-reactive ketones (excluding diaryl/α,β-unsaturated/α-hetero) is 1. The Morgan fingerprint density at radius 1 is 0.953 bits per heavy atom. The molecule has 0 amide bonds. The van der Waals surface area contributed by atoms with E-state index in [1.807, 2.05) is 25.3 Å². The number of halogens is 2. The molecule has 2 aromatic carbocycles. The Bertz CT molecular complexity index is 1930. The van der Waals surface area contributed by atoms with Crippen LogP contribution in [-0.4, -0.2) is 27.4 Å². The van der Waals surface area contributed by atoms with Gasteiger partial charge in [-0.05, 0) is 70.0 Å². The van der Waals surface area contributed by atoms with Crippen LogP contribution in [-0.2, 0) is 12.0 Å². The Kier molecular flexibility index (Phi) is 7.84. The lowest BCUT2D eigenvalue weighted by Gasteiger charge is -2.28. The first kappa shape index (κ1) is 29.6. The lowest BCUT2D eigenvalue weighted by atomic mass is 9.95. The third-order valence-corrected chi connectivity index (χ3v) is 7.23. The van der Waals surface area contributed by atoms with Crippen LogP contribution in [0.2, 0.25) is 0 Å². The van der Waals surface area contributed by atoms with E-state index >= 15 is 4.39 Å². The molecule has 7 nitrogen and oxygen atoms in total. The fraction of sp³-hybridized carbons (Fsp3) is 0.235. The first-order valence-electron chi connectivity index (χ1n) is 13.7. The van der Waals surface area contributed by atoms with Crippen molar-refractivity contribution in [2.45, 2.75) is 46.6 Å². The van der Waals surface area contributed by atoms with Gasteiger partial charge in [0, 0.05) is 47.7 Å². The van der Waals surface area contributed by atoms with Crippen LogP contribution in [0.15, 0.2) is 71.8 Å². The average Bonchev–Trinajstić information content (AvgIpc) is 2.94. The highest BCUT2D eigenvalue weighted by atomic mass is 19.1. The summed E-state index contributed by atoms with van der Waals surface area (Å²) in [5, 5.41) is 0. The van der Waals surface area contributed by atoms with Gasteiger partial charge >= 0.3 is 0 Å². The van der Waals surface area contributed by atoms with Crippen LogP contribution in [0.1, 0.15) is 48.1 Å². The van der Waals surface area contributed by atoms with Crippen molar-refractivity contribution >= 4 is 16.8 Å². The molecule has 3 aromatic heterocycles. The lowest BCUT2D eigenvalue weighted by molar-refractivity contribution is 0.0990. The van der Waals surface area contributed by atoms with Crippen molar-refractivity contribution in [3.8, 4) is 28.4 Å². The van der Waals surface area contributed by atoms with Crippen molar-refractivity contribution in [1.29, 1.82) is 0 Å². The zero-order valence-corrected chi connectivity index (χ0v) is 24.8. The molecule has 5 aromatic rings. The summed E-state index contributed by atoms with van der Waals surface area (Å²) >= 11 is 0. The predicted octanol–water partition coefficient (Wildman–Crippen LogP) is 7.33. The molecule has 0 spiro atoms. The zero-order valence-electron chi connectivity index (χ0n) is 24.8. The number of aryl methyl sites for hydroxylation is 1. The summed E-state index contributed by atoms with van der Waals surface area (Å²) in [5.74, 6) is -0.734. The molecule has 3 heterocycles. The van der Waals surface area contributed by atoms with Gasteiger partial charge in [-0.1, -0.05) is 18.2 Å². The van der Waals surface area contributed by atoms with Crippen molar-refractivity contribution in [3.05, 3.63) is 111 Å². The maximum atomic E-state index is 15.3. The van der Waals surface area contributed by atoms with E-state index < -0.39 is 28.4 Å². The summed E-state index contributed by atoms with van der Waals surface area (Å²) in [4.78, 5) is 36.0. The minimum atomic E-state index is -0.677.